The summed E-state index contributed by atoms with van der Waals surface area (Å²) in [5.41, 5.74) is 5.47. The fraction of sp³-hybridized carbons (Fsp3) is 0.800. The van der Waals surface area contributed by atoms with Crippen LogP contribution in [0.4, 0.5) is 0 Å². The van der Waals surface area contributed by atoms with Crippen LogP contribution in [0.1, 0.15) is 31.5 Å². The highest BCUT2D eigenvalue weighted by atomic mass is 16.2. The zero-order valence-corrected chi connectivity index (χ0v) is 8.98. The Morgan fingerprint density at radius 2 is 2.20 bits per heavy atom. The van der Waals surface area contributed by atoms with Gasteiger partial charge in [-0.15, -0.1) is 0 Å². The third-order valence-electron chi connectivity index (χ3n) is 2.86. The quantitative estimate of drug-likeness (QED) is 0.718. The minimum Gasteiger partial charge on any atom is -0.330 e. The molecule has 0 saturated heterocycles. The standard InChI is InChI=1S/C10H18N4O/c11-6-2-4-8-14-10(15)13-7-3-1-5-9(13)12-14/h1-8,11H2. The van der Waals surface area contributed by atoms with Crippen molar-refractivity contribution in [3.63, 3.8) is 0 Å². The van der Waals surface area contributed by atoms with Crippen LogP contribution in [0.3, 0.4) is 0 Å². The number of rotatable bonds is 4. The zero-order valence-electron chi connectivity index (χ0n) is 8.98. The highest BCUT2D eigenvalue weighted by Crippen LogP contribution is 2.09. The molecule has 0 atom stereocenters. The minimum atomic E-state index is 0.0571. The summed E-state index contributed by atoms with van der Waals surface area (Å²) in [7, 11) is 0. The van der Waals surface area contributed by atoms with Gasteiger partial charge in [0.25, 0.3) is 0 Å². The third-order valence-corrected chi connectivity index (χ3v) is 2.86. The molecule has 0 radical (unpaired) electrons. The van der Waals surface area contributed by atoms with Crippen LogP contribution in [-0.2, 0) is 19.5 Å². The molecule has 1 aromatic rings. The predicted octanol–water partition coefficient (Wildman–Crippen LogP) is 0.120. The van der Waals surface area contributed by atoms with Crippen molar-refractivity contribution < 1.29 is 0 Å². The second kappa shape index (κ2) is 4.61. The van der Waals surface area contributed by atoms with E-state index >= 15 is 0 Å². The molecule has 1 aromatic heterocycles. The van der Waals surface area contributed by atoms with Crippen molar-refractivity contribution in [3.05, 3.63) is 16.3 Å². The van der Waals surface area contributed by atoms with E-state index in [9.17, 15) is 4.79 Å². The number of hydrogen-bond acceptors (Lipinski definition) is 3. The maximum absolute atomic E-state index is 11.8. The lowest BCUT2D eigenvalue weighted by Gasteiger charge is -2.09. The average molecular weight is 210 g/mol. The molecule has 0 spiro atoms. The van der Waals surface area contributed by atoms with E-state index in [1.165, 1.54) is 0 Å². The lowest BCUT2D eigenvalue weighted by molar-refractivity contribution is 0.508. The molecule has 2 N–H and O–H groups in total. The summed E-state index contributed by atoms with van der Waals surface area (Å²) in [5, 5.41) is 4.35. The maximum atomic E-state index is 11.8. The number of hydrogen-bond donors (Lipinski definition) is 1. The van der Waals surface area contributed by atoms with E-state index in [1.807, 2.05) is 4.57 Å². The van der Waals surface area contributed by atoms with Crippen molar-refractivity contribution in [1.29, 1.82) is 0 Å². The van der Waals surface area contributed by atoms with E-state index in [0.717, 1.165) is 44.5 Å². The van der Waals surface area contributed by atoms with Crippen molar-refractivity contribution in [1.82, 2.24) is 14.3 Å². The Morgan fingerprint density at radius 1 is 1.33 bits per heavy atom. The second-order valence-electron chi connectivity index (χ2n) is 4.03. The molecule has 84 valence electrons. The summed E-state index contributed by atoms with van der Waals surface area (Å²) in [6, 6.07) is 0. The van der Waals surface area contributed by atoms with Gasteiger partial charge in [-0.3, -0.25) is 4.57 Å². The number of aryl methyl sites for hydroxylation is 2. The van der Waals surface area contributed by atoms with Gasteiger partial charge in [0.05, 0.1) is 0 Å². The highest BCUT2D eigenvalue weighted by Gasteiger charge is 2.15. The molecule has 0 unspecified atom stereocenters. The van der Waals surface area contributed by atoms with Crippen molar-refractivity contribution >= 4 is 0 Å². The first-order chi connectivity index (χ1) is 7.33. The largest absolute Gasteiger partial charge is 0.345 e. The van der Waals surface area contributed by atoms with Crippen LogP contribution in [0.5, 0.6) is 0 Å². The Bertz CT molecular complexity index is 379. The Labute approximate surface area is 88.9 Å². The number of aromatic nitrogens is 3. The number of nitrogens with two attached hydrogens (primary N) is 1. The van der Waals surface area contributed by atoms with Crippen LogP contribution in [0.2, 0.25) is 0 Å². The molecule has 5 heteroatoms. The second-order valence-corrected chi connectivity index (χ2v) is 4.03. The molecule has 0 saturated carbocycles. The lowest BCUT2D eigenvalue weighted by atomic mass is 10.2. The Hall–Kier alpha value is -1.10. The van der Waals surface area contributed by atoms with Crippen molar-refractivity contribution in [2.24, 2.45) is 5.73 Å². The van der Waals surface area contributed by atoms with Gasteiger partial charge < -0.3 is 5.73 Å². The fourth-order valence-corrected chi connectivity index (χ4v) is 2.00. The zero-order chi connectivity index (χ0) is 10.7. The van der Waals surface area contributed by atoms with E-state index in [2.05, 4.69) is 5.10 Å². The summed E-state index contributed by atoms with van der Waals surface area (Å²) >= 11 is 0. The lowest BCUT2D eigenvalue weighted by Crippen LogP contribution is -2.27. The van der Waals surface area contributed by atoms with E-state index in [4.69, 9.17) is 5.73 Å². The molecule has 2 rings (SSSR count). The highest BCUT2D eigenvalue weighted by molar-refractivity contribution is 4.91. The molecule has 0 aliphatic carbocycles. The summed E-state index contributed by atoms with van der Waals surface area (Å²) in [5.74, 6) is 0.957. The third kappa shape index (κ3) is 2.12. The smallest absolute Gasteiger partial charge is 0.330 e. The van der Waals surface area contributed by atoms with Crippen LogP contribution in [-0.4, -0.2) is 20.9 Å². The molecule has 5 nitrogen and oxygen atoms in total. The van der Waals surface area contributed by atoms with Gasteiger partial charge in [-0.2, -0.15) is 5.10 Å². The molecule has 0 fully saturated rings. The number of nitrogens with zero attached hydrogens (tertiary/aromatic N) is 3. The molecule has 1 aliphatic rings. The predicted molar refractivity (Wildman–Crippen MR) is 57.7 cm³/mol. The van der Waals surface area contributed by atoms with E-state index in [-0.39, 0.29) is 5.69 Å². The Balaban J connectivity index is 2.11. The number of fused-ring (bicyclic) bond motifs is 1. The van der Waals surface area contributed by atoms with Gasteiger partial charge in [-0.25, -0.2) is 9.48 Å². The van der Waals surface area contributed by atoms with Gasteiger partial charge in [0, 0.05) is 19.5 Å². The number of unbranched alkanes of at least 4 members (excludes halogenated alkanes) is 1. The molecule has 0 bridgehead atoms. The molecule has 2 heterocycles. The first-order valence-electron chi connectivity index (χ1n) is 5.69. The van der Waals surface area contributed by atoms with Crippen molar-refractivity contribution in [3.8, 4) is 0 Å². The molecular weight excluding hydrogens is 192 g/mol. The maximum Gasteiger partial charge on any atom is 0.345 e. The van der Waals surface area contributed by atoms with Crippen molar-refractivity contribution in [2.75, 3.05) is 6.54 Å². The van der Waals surface area contributed by atoms with Crippen LogP contribution in [0, 0.1) is 0 Å². The van der Waals surface area contributed by atoms with Gasteiger partial charge in [0.1, 0.15) is 5.82 Å². The Morgan fingerprint density at radius 3 is 2.93 bits per heavy atom. The van der Waals surface area contributed by atoms with E-state index < -0.39 is 0 Å². The normalized spacial score (nSPS) is 15.3. The molecule has 0 aromatic carbocycles. The molecule has 15 heavy (non-hydrogen) atoms. The summed E-state index contributed by atoms with van der Waals surface area (Å²) in [4.78, 5) is 11.8. The summed E-state index contributed by atoms with van der Waals surface area (Å²) in [6.07, 6.45) is 5.08. The van der Waals surface area contributed by atoms with Crippen LogP contribution in [0.15, 0.2) is 4.79 Å². The Kier molecular flexibility index (Phi) is 3.20. The van der Waals surface area contributed by atoms with Gasteiger partial charge in [-0.05, 0) is 32.2 Å². The van der Waals surface area contributed by atoms with Crippen molar-refractivity contribution in [2.45, 2.75) is 45.2 Å². The fourth-order valence-electron chi connectivity index (χ4n) is 2.00. The summed E-state index contributed by atoms with van der Waals surface area (Å²) in [6.45, 7) is 2.23. The summed E-state index contributed by atoms with van der Waals surface area (Å²) < 4.78 is 3.41. The van der Waals surface area contributed by atoms with Crippen LogP contribution in [0.25, 0.3) is 0 Å². The molecule has 0 amide bonds. The van der Waals surface area contributed by atoms with Crippen LogP contribution < -0.4 is 11.4 Å². The SMILES string of the molecule is NCCCCn1nc2n(c1=O)CCCC2. The topological polar surface area (TPSA) is 65.8 Å². The average Bonchev–Trinajstić information content (AvgIpc) is 2.57. The first-order valence-corrected chi connectivity index (χ1v) is 5.69. The molecule has 1 aliphatic heterocycles. The molecular formula is C10H18N4O. The van der Waals surface area contributed by atoms with Gasteiger partial charge in [-0.1, -0.05) is 0 Å². The van der Waals surface area contributed by atoms with E-state index in [0.29, 0.717) is 13.1 Å². The van der Waals surface area contributed by atoms with Gasteiger partial charge >= 0.3 is 5.69 Å². The van der Waals surface area contributed by atoms with Crippen LogP contribution >= 0.6 is 0 Å². The first kappa shape index (κ1) is 10.4. The minimum absolute atomic E-state index is 0.0571. The van der Waals surface area contributed by atoms with Gasteiger partial charge in [0.15, 0.2) is 0 Å². The van der Waals surface area contributed by atoms with E-state index in [1.54, 1.807) is 4.68 Å². The van der Waals surface area contributed by atoms with Gasteiger partial charge in [0.2, 0.25) is 0 Å². The monoisotopic (exact) mass is 210 g/mol.